The Hall–Kier alpha value is -2.54. The molecule has 0 unspecified atom stereocenters. The summed E-state index contributed by atoms with van der Waals surface area (Å²) in [6, 6.07) is 9.29. The third kappa shape index (κ3) is 3.04. The highest BCUT2D eigenvalue weighted by atomic mass is 32.1. The molecule has 0 spiro atoms. The van der Waals surface area contributed by atoms with E-state index in [1.807, 2.05) is 37.4 Å². The molecule has 3 aromatic heterocycles. The molecule has 3 aromatic rings. The molecule has 1 N–H and O–H groups in total. The molecule has 7 heteroatoms. The Kier molecular flexibility index (Phi) is 3.97. The van der Waals surface area contributed by atoms with Crippen LogP contribution in [0.3, 0.4) is 0 Å². The smallest absolute Gasteiger partial charge is 0.272 e. The van der Waals surface area contributed by atoms with Crippen LogP contribution in [0.5, 0.6) is 0 Å². The first-order chi connectivity index (χ1) is 10.6. The summed E-state index contributed by atoms with van der Waals surface area (Å²) in [4.78, 5) is 13.1. The molecule has 0 fully saturated rings. The van der Waals surface area contributed by atoms with Crippen molar-refractivity contribution in [3.8, 4) is 5.82 Å². The van der Waals surface area contributed by atoms with Gasteiger partial charge in [0.05, 0.1) is 12.2 Å². The second kappa shape index (κ2) is 6.07. The summed E-state index contributed by atoms with van der Waals surface area (Å²) in [5.41, 5.74) is 2.18. The normalized spacial score (nSPS) is 10.6. The number of carbonyl (C=O) groups is 1. The van der Waals surface area contributed by atoms with Crippen LogP contribution in [0, 0.1) is 13.8 Å². The molecule has 0 atom stereocenters. The third-order valence-corrected chi connectivity index (χ3v) is 3.99. The molecule has 22 heavy (non-hydrogen) atoms. The van der Waals surface area contributed by atoms with Gasteiger partial charge in [-0.25, -0.2) is 4.68 Å². The van der Waals surface area contributed by atoms with E-state index in [1.54, 1.807) is 28.2 Å². The summed E-state index contributed by atoms with van der Waals surface area (Å²) in [5.74, 6) is 0.362. The summed E-state index contributed by atoms with van der Waals surface area (Å²) in [6.07, 6.45) is 0. The molecule has 1 amide bonds. The molecular formula is C15H15N5OS. The van der Waals surface area contributed by atoms with Gasteiger partial charge in [0.15, 0.2) is 11.5 Å². The molecule has 112 valence electrons. The number of carbonyl (C=O) groups excluding carboxylic acids is 1. The van der Waals surface area contributed by atoms with E-state index >= 15 is 0 Å². The number of aryl methyl sites for hydroxylation is 2. The zero-order valence-electron chi connectivity index (χ0n) is 12.3. The molecule has 0 aliphatic rings. The minimum absolute atomic E-state index is 0.235. The Labute approximate surface area is 131 Å². The van der Waals surface area contributed by atoms with E-state index < -0.39 is 0 Å². The van der Waals surface area contributed by atoms with E-state index in [0.29, 0.717) is 18.1 Å². The summed E-state index contributed by atoms with van der Waals surface area (Å²) in [6.45, 7) is 4.37. The van der Waals surface area contributed by atoms with Gasteiger partial charge in [-0.3, -0.25) is 4.79 Å². The lowest BCUT2D eigenvalue weighted by atomic mass is 10.3. The molecule has 3 rings (SSSR count). The van der Waals surface area contributed by atoms with Crippen LogP contribution in [0.25, 0.3) is 5.82 Å². The van der Waals surface area contributed by atoms with Gasteiger partial charge in [-0.15, -0.1) is 21.5 Å². The van der Waals surface area contributed by atoms with Crippen LogP contribution in [-0.4, -0.2) is 25.9 Å². The topological polar surface area (TPSA) is 72.7 Å². The van der Waals surface area contributed by atoms with Gasteiger partial charge in [0.25, 0.3) is 5.91 Å². The Bertz CT molecular complexity index is 777. The lowest BCUT2D eigenvalue weighted by Gasteiger charge is -2.05. The highest BCUT2D eigenvalue weighted by molar-refractivity contribution is 7.09. The van der Waals surface area contributed by atoms with Crippen molar-refractivity contribution in [3.63, 3.8) is 0 Å². The fourth-order valence-corrected chi connectivity index (χ4v) is 2.74. The Morgan fingerprint density at radius 2 is 2.14 bits per heavy atom. The van der Waals surface area contributed by atoms with E-state index in [-0.39, 0.29) is 5.91 Å². The fraction of sp³-hybridized carbons (Fsp3) is 0.200. The van der Waals surface area contributed by atoms with E-state index in [2.05, 4.69) is 20.6 Å². The summed E-state index contributed by atoms with van der Waals surface area (Å²) in [7, 11) is 0. The number of amides is 1. The van der Waals surface area contributed by atoms with Gasteiger partial charge in [-0.1, -0.05) is 6.07 Å². The van der Waals surface area contributed by atoms with Crippen LogP contribution in [0.1, 0.15) is 26.8 Å². The maximum absolute atomic E-state index is 12.0. The highest BCUT2D eigenvalue weighted by Gasteiger charge is 2.10. The SMILES string of the molecule is Cc1cc(C)n(-c2ccc(C(=O)NCc3cccs3)nn2)n1. The van der Waals surface area contributed by atoms with Crippen molar-refractivity contribution in [3.05, 3.63) is 57.7 Å². The van der Waals surface area contributed by atoms with E-state index in [0.717, 1.165) is 16.3 Å². The Balaban J connectivity index is 1.71. The Morgan fingerprint density at radius 1 is 1.27 bits per heavy atom. The van der Waals surface area contributed by atoms with E-state index in [4.69, 9.17) is 0 Å². The third-order valence-electron chi connectivity index (χ3n) is 3.11. The van der Waals surface area contributed by atoms with Gasteiger partial charge in [-0.05, 0) is 43.5 Å². The molecule has 0 bridgehead atoms. The van der Waals surface area contributed by atoms with E-state index in [9.17, 15) is 4.79 Å². The quantitative estimate of drug-likeness (QED) is 0.802. The molecule has 0 aliphatic heterocycles. The predicted octanol–water partition coefficient (Wildman–Crippen LogP) is 2.27. The number of nitrogens with zero attached hydrogens (tertiary/aromatic N) is 4. The van der Waals surface area contributed by atoms with Gasteiger partial charge in [0.1, 0.15) is 0 Å². The van der Waals surface area contributed by atoms with Crippen molar-refractivity contribution < 1.29 is 4.79 Å². The number of nitrogens with one attached hydrogen (secondary N) is 1. The van der Waals surface area contributed by atoms with Crippen molar-refractivity contribution in [1.29, 1.82) is 0 Å². The van der Waals surface area contributed by atoms with Crippen molar-refractivity contribution >= 4 is 17.2 Å². The summed E-state index contributed by atoms with van der Waals surface area (Å²) in [5, 5.41) is 17.2. The average molecular weight is 313 g/mol. The van der Waals surface area contributed by atoms with Gasteiger partial charge in [0.2, 0.25) is 0 Å². The summed E-state index contributed by atoms with van der Waals surface area (Å²) >= 11 is 1.60. The molecule has 3 heterocycles. The maximum Gasteiger partial charge on any atom is 0.272 e. The van der Waals surface area contributed by atoms with Crippen molar-refractivity contribution in [1.82, 2.24) is 25.3 Å². The largest absolute Gasteiger partial charge is 0.346 e. The van der Waals surface area contributed by atoms with Gasteiger partial charge in [0, 0.05) is 10.6 Å². The monoisotopic (exact) mass is 313 g/mol. The van der Waals surface area contributed by atoms with Crippen LogP contribution in [-0.2, 0) is 6.54 Å². The van der Waals surface area contributed by atoms with Gasteiger partial charge >= 0.3 is 0 Å². The van der Waals surface area contributed by atoms with Gasteiger partial charge < -0.3 is 5.32 Å². The second-order valence-electron chi connectivity index (χ2n) is 4.88. The van der Waals surface area contributed by atoms with Crippen LogP contribution in [0.15, 0.2) is 35.7 Å². The number of rotatable bonds is 4. The van der Waals surface area contributed by atoms with E-state index in [1.165, 1.54) is 0 Å². The number of hydrogen-bond acceptors (Lipinski definition) is 5. The molecular weight excluding hydrogens is 298 g/mol. The maximum atomic E-state index is 12.0. The number of thiophene rings is 1. The minimum atomic E-state index is -0.235. The highest BCUT2D eigenvalue weighted by Crippen LogP contribution is 2.10. The first-order valence-corrected chi connectivity index (χ1v) is 7.69. The van der Waals surface area contributed by atoms with Crippen LogP contribution < -0.4 is 5.32 Å². The van der Waals surface area contributed by atoms with Crippen molar-refractivity contribution in [2.45, 2.75) is 20.4 Å². The zero-order chi connectivity index (χ0) is 15.5. The molecule has 6 nitrogen and oxygen atoms in total. The molecule has 0 saturated heterocycles. The van der Waals surface area contributed by atoms with Crippen molar-refractivity contribution in [2.75, 3.05) is 0 Å². The first-order valence-electron chi connectivity index (χ1n) is 6.81. The van der Waals surface area contributed by atoms with Gasteiger partial charge in [-0.2, -0.15) is 5.10 Å². The van der Waals surface area contributed by atoms with Crippen molar-refractivity contribution in [2.24, 2.45) is 0 Å². The average Bonchev–Trinajstić information content (AvgIpc) is 3.14. The zero-order valence-corrected chi connectivity index (χ0v) is 13.1. The second-order valence-corrected chi connectivity index (χ2v) is 5.91. The first kappa shape index (κ1) is 14.4. The predicted molar refractivity (Wildman–Crippen MR) is 84.1 cm³/mol. The number of hydrogen-bond donors (Lipinski definition) is 1. The fourth-order valence-electron chi connectivity index (χ4n) is 2.09. The Morgan fingerprint density at radius 3 is 2.73 bits per heavy atom. The van der Waals surface area contributed by atoms with Crippen LogP contribution >= 0.6 is 11.3 Å². The summed E-state index contributed by atoms with van der Waals surface area (Å²) < 4.78 is 1.70. The lowest BCUT2D eigenvalue weighted by Crippen LogP contribution is -2.24. The van der Waals surface area contributed by atoms with Crippen LogP contribution in [0.4, 0.5) is 0 Å². The molecule has 0 radical (unpaired) electrons. The molecule has 0 aromatic carbocycles. The standard InChI is InChI=1S/C15H15N5OS/c1-10-8-11(2)20(19-10)14-6-5-13(17-18-14)15(21)16-9-12-4-3-7-22-12/h3-8H,9H2,1-2H3,(H,16,21). The number of aromatic nitrogens is 4. The lowest BCUT2D eigenvalue weighted by molar-refractivity contribution is 0.0945. The minimum Gasteiger partial charge on any atom is -0.346 e. The van der Waals surface area contributed by atoms with Crippen LogP contribution in [0.2, 0.25) is 0 Å². The molecule has 0 aliphatic carbocycles. The molecule has 0 saturated carbocycles.